The molecule has 2 fully saturated rings. The van der Waals surface area contributed by atoms with Crippen LogP contribution in [0.5, 0.6) is 0 Å². The summed E-state index contributed by atoms with van der Waals surface area (Å²) in [6.45, 7) is 1.05. The highest BCUT2D eigenvalue weighted by Gasteiger charge is 2.35. The number of carbonyl (C=O) groups excluding carboxylic acids is 1. The van der Waals surface area contributed by atoms with Gasteiger partial charge in [-0.15, -0.1) is 0 Å². The normalized spacial score (nSPS) is 28.4. The molecule has 5 atom stereocenters. The van der Waals surface area contributed by atoms with Crippen LogP contribution in [-0.2, 0) is 9.47 Å². The van der Waals surface area contributed by atoms with Gasteiger partial charge in [-0.2, -0.15) is 9.61 Å². The Morgan fingerprint density at radius 2 is 2.20 bits per heavy atom. The van der Waals surface area contributed by atoms with Crippen LogP contribution in [0.2, 0.25) is 0 Å². The molecule has 2 unspecified atom stereocenters. The second-order valence-electron chi connectivity index (χ2n) is 8.86. The lowest BCUT2D eigenvalue weighted by Gasteiger charge is -2.42. The maximum atomic E-state index is 13.7. The molecule has 12 heteroatoms. The van der Waals surface area contributed by atoms with Gasteiger partial charge in [0.1, 0.15) is 29.5 Å². The van der Waals surface area contributed by atoms with E-state index in [1.54, 1.807) is 26.3 Å². The fourth-order valence-electron chi connectivity index (χ4n) is 4.62. The van der Waals surface area contributed by atoms with Crippen molar-refractivity contribution in [1.82, 2.24) is 24.8 Å². The fraction of sp³-hybridized carbons (Fsp3) is 0.522. The van der Waals surface area contributed by atoms with Crippen LogP contribution >= 0.6 is 0 Å². The van der Waals surface area contributed by atoms with Crippen LogP contribution in [-0.4, -0.2) is 88.5 Å². The van der Waals surface area contributed by atoms with Crippen molar-refractivity contribution in [3.63, 3.8) is 0 Å². The van der Waals surface area contributed by atoms with E-state index in [1.165, 1.54) is 10.7 Å². The van der Waals surface area contributed by atoms with Gasteiger partial charge in [0, 0.05) is 33.0 Å². The van der Waals surface area contributed by atoms with Crippen LogP contribution < -0.4 is 16.0 Å². The number of methoxy groups -OCH3 is 1. The predicted molar refractivity (Wildman–Crippen MR) is 127 cm³/mol. The minimum absolute atomic E-state index is 0.0511. The average Bonchev–Trinajstić information content (AvgIpc) is 3.31. The first-order valence-electron chi connectivity index (χ1n) is 11.7. The summed E-state index contributed by atoms with van der Waals surface area (Å²) in [6, 6.07) is 1.20. The molecule has 1 aliphatic carbocycles. The average molecular weight is 488 g/mol. The number of fused-ring (bicyclic) bond motifs is 1. The molecular formula is C23H30FN7O4. The van der Waals surface area contributed by atoms with E-state index in [-0.39, 0.29) is 17.7 Å². The third-order valence-electron chi connectivity index (χ3n) is 6.80. The molecule has 2 aromatic heterocycles. The zero-order valence-corrected chi connectivity index (χ0v) is 19.6. The van der Waals surface area contributed by atoms with E-state index in [0.29, 0.717) is 49.0 Å². The Balaban J connectivity index is 1.39. The second-order valence-corrected chi connectivity index (χ2v) is 8.86. The van der Waals surface area contributed by atoms with E-state index in [2.05, 4.69) is 26.0 Å². The topological polar surface area (TPSA) is 125 Å². The summed E-state index contributed by atoms with van der Waals surface area (Å²) in [4.78, 5) is 19.2. The van der Waals surface area contributed by atoms with Crippen molar-refractivity contribution in [2.24, 2.45) is 0 Å². The summed E-state index contributed by atoms with van der Waals surface area (Å²) in [6.07, 6.45) is 6.52. The third kappa shape index (κ3) is 4.44. The van der Waals surface area contributed by atoms with Gasteiger partial charge in [-0.1, -0.05) is 0 Å². The van der Waals surface area contributed by atoms with E-state index in [9.17, 15) is 14.3 Å². The van der Waals surface area contributed by atoms with Crippen molar-refractivity contribution in [2.45, 2.75) is 49.8 Å². The number of alkyl halides is 1. The smallest absolute Gasteiger partial charge is 0.257 e. The number of rotatable bonds is 7. The number of aliphatic hydroxyl groups is 1. The van der Waals surface area contributed by atoms with Crippen molar-refractivity contribution in [3.05, 3.63) is 41.9 Å². The monoisotopic (exact) mass is 487 g/mol. The summed E-state index contributed by atoms with van der Waals surface area (Å²) in [5.74, 6) is 0.583. The molecule has 1 saturated heterocycles. The molecule has 0 spiro atoms. The van der Waals surface area contributed by atoms with Crippen molar-refractivity contribution >= 4 is 23.2 Å². The Hall–Kier alpha value is -3.22. The molecular weight excluding hydrogens is 457 g/mol. The lowest BCUT2D eigenvalue weighted by Crippen LogP contribution is -2.53. The first-order chi connectivity index (χ1) is 17.0. The maximum absolute atomic E-state index is 13.7. The maximum Gasteiger partial charge on any atom is 0.257 e. The highest BCUT2D eigenvalue weighted by Crippen LogP contribution is 2.27. The van der Waals surface area contributed by atoms with E-state index >= 15 is 0 Å². The molecule has 11 nitrogen and oxygen atoms in total. The number of allylic oxidation sites excluding steroid dienone is 2. The summed E-state index contributed by atoms with van der Waals surface area (Å²) in [7, 11) is 3.37. The molecule has 188 valence electrons. The predicted octanol–water partition coefficient (Wildman–Crippen LogP) is 1.25. The van der Waals surface area contributed by atoms with E-state index < -0.39 is 24.3 Å². The third-order valence-corrected chi connectivity index (χ3v) is 6.80. The number of aliphatic hydroxyl groups excluding tert-OH is 1. The molecule has 4 heterocycles. The summed E-state index contributed by atoms with van der Waals surface area (Å²) >= 11 is 0. The molecule has 35 heavy (non-hydrogen) atoms. The summed E-state index contributed by atoms with van der Waals surface area (Å²) in [5, 5.41) is 24.4. The minimum Gasteiger partial charge on any atom is -0.379 e. The number of carbonyl (C=O) groups is 1. The first-order valence-corrected chi connectivity index (χ1v) is 11.7. The number of anilines is 2. The summed E-state index contributed by atoms with van der Waals surface area (Å²) in [5.41, 5.74) is 1.08. The number of halogens is 1. The number of hydrogen-bond donors (Lipinski definition) is 4. The Kier molecular flexibility index (Phi) is 6.58. The lowest BCUT2D eigenvalue weighted by atomic mass is 9.90. The van der Waals surface area contributed by atoms with Crippen LogP contribution in [0.25, 0.3) is 5.65 Å². The Labute approximate surface area is 202 Å². The summed E-state index contributed by atoms with van der Waals surface area (Å²) < 4.78 is 26.3. The molecule has 0 bridgehead atoms. The van der Waals surface area contributed by atoms with Crippen LogP contribution in [0.4, 0.5) is 16.0 Å². The number of hydrogen-bond acceptors (Lipinski definition) is 9. The largest absolute Gasteiger partial charge is 0.379 e. The van der Waals surface area contributed by atoms with E-state index in [0.717, 1.165) is 6.42 Å². The van der Waals surface area contributed by atoms with Crippen molar-refractivity contribution in [3.8, 4) is 0 Å². The van der Waals surface area contributed by atoms with Gasteiger partial charge in [0.2, 0.25) is 0 Å². The van der Waals surface area contributed by atoms with Crippen molar-refractivity contribution in [1.29, 1.82) is 0 Å². The Morgan fingerprint density at radius 3 is 2.91 bits per heavy atom. The van der Waals surface area contributed by atoms with E-state index in [1.807, 2.05) is 17.2 Å². The van der Waals surface area contributed by atoms with E-state index in [4.69, 9.17) is 9.47 Å². The molecule has 0 radical (unpaired) electrons. The standard InChI is InChI=1S/C23H30FN7O4/c1-25-20-10-19(29-21-13(11-26-31(20)21)22(32)28-15-6-5-14(15)24)27-16-4-3-8-30(23(16)33)17-7-9-35-12-18(17)34-2/h3-4,8,10-11,14-15,17-18,23,25,33H,5-7,9,12H2,1-2H3,(H,27,29)(H,28,32)/t14-,15+,17?,18-,23?/m1/s1. The second kappa shape index (κ2) is 9.80. The first kappa shape index (κ1) is 23.5. The van der Waals surface area contributed by atoms with Crippen molar-refractivity contribution < 1.29 is 23.8 Å². The SMILES string of the molecule is CNc1cc(NC2=CC=CN(C3CCOC[C@H]3OC)C2O)nc2c(C(=O)N[C@H]3CC[C@H]3F)cnn12. The van der Waals surface area contributed by atoms with Gasteiger partial charge < -0.3 is 35.4 Å². The van der Waals surface area contributed by atoms with Crippen LogP contribution in [0.15, 0.2) is 36.3 Å². The van der Waals surface area contributed by atoms with Gasteiger partial charge in [-0.05, 0) is 31.4 Å². The van der Waals surface area contributed by atoms with Gasteiger partial charge in [0.25, 0.3) is 5.91 Å². The van der Waals surface area contributed by atoms with Gasteiger partial charge in [-0.3, -0.25) is 4.79 Å². The van der Waals surface area contributed by atoms with Crippen LogP contribution in [0.3, 0.4) is 0 Å². The zero-order valence-electron chi connectivity index (χ0n) is 19.6. The number of nitrogens with one attached hydrogen (secondary N) is 3. The Bertz CT molecular complexity index is 1150. The molecule has 1 amide bonds. The van der Waals surface area contributed by atoms with Gasteiger partial charge in [0.15, 0.2) is 11.9 Å². The molecule has 0 aromatic carbocycles. The molecule has 4 N–H and O–H groups in total. The lowest BCUT2D eigenvalue weighted by molar-refractivity contribution is -0.0993. The Morgan fingerprint density at radius 1 is 1.34 bits per heavy atom. The van der Waals surface area contributed by atoms with Crippen LogP contribution in [0, 0.1) is 0 Å². The van der Waals surface area contributed by atoms with Crippen molar-refractivity contribution in [2.75, 3.05) is 38.0 Å². The van der Waals surface area contributed by atoms with Crippen LogP contribution in [0.1, 0.15) is 29.6 Å². The number of aromatic nitrogens is 3. The molecule has 3 aliphatic rings. The van der Waals surface area contributed by atoms with Gasteiger partial charge >= 0.3 is 0 Å². The molecule has 1 saturated carbocycles. The highest BCUT2D eigenvalue weighted by atomic mass is 19.1. The molecule has 2 aromatic rings. The molecule has 5 rings (SSSR count). The highest BCUT2D eigenvalue weighted by molar-refractivity contribution is 6.00. The number of ether oxygens (including phenoxy) is 2. The zero-order chi connectivity index (χ0) is 24.5. The fourth-order valence-corrected chi connectivity index (χ4v) is 4.62. The minimum atomic E-state index is -1.02. The number of amides is 1. The quantitative estimate of drug-likeness (QED) is 0.457. The van der Waals surface area contributed by atoms with Gasteiger partial charge in [0.05, 0.1) is 30.6 Å². The van der Waals surface area contributed by atoms with Gasteiger partial charge in [-0.25, -0.2) is 9.37 Å². The molecule has 2 aliphatic heterocycles. The number of nitrogens with zero attached hydrogens (tertiary/aromatic N) is 4.